The van der Waals surface area contributed by atoms with Crippen LogP contribution >= 0.6 is 0 Å². The van der Waals surface area contributed by atoms with Crippen molar-refractivity contribution in [3.05, 3.63) is 0 Å². The predicted octanol–water partition coefficient (Wildman–Crippen LogP) is 3.34. The Morgan fingerprint density at radius 1 is 1.11 bits per heavy atom. The number of hydrogen-bond acceptors (Lipinski definition) is 2. The van der Waals surface area contributed by atoms with Gasteiger partial charge < -0.3 is 10.2 Å². The van der Waals surface area contributed by atoms with E-state index >= 15 is 0 Å². The van der Waals surface area contributed by atoms with Gasteiger partial charge in [0.05, 0.1) is 0 Å². The summed E-state index contributed by atoms with van der Waals surface area (Å²) in [7, 11) is 2.00. The monoisotopic (exact) mass is 268 g/mol. The first kappa shape index (κ1) is 16.5. The van der Waals surface area contributed by atoms with Crippen LogP contribution in [0.25, 0.3) is 0 Å². The van der Waals surface area contributed by atoms with Crippen molar-refractivity contribution in [1.29, 1.82) is 0 Å². The second-order valence-electron chi connectivity index (χ2n) is 5.88. The van der Waals surface area contributed by atoms with E-state index in [1.165, 1.54) is 32.1 Å². The average Bonchev–Trinajstić information content (AvgIpc) is 2.44. The lowest BCUT2D eigenvalue weighted by Crippen LogP contribution is -2.43. The Labute approximate surface area is 119 Å². The van der Waals surface area contributed by atoms with Gasteiger partial charge in [-0.15, -0.1) is 0 Å². The molecule has 0 radical (unpaired) electrons. The van der Waals surface area contributed by atoms with Gasteiger partial charge in [0, 0.05) is 25.6 Å². The summed E-state index contributed by atoms with van der Waals surface area (Å²) in [6.45, 7) is 5.43. The third-order valence-corrected chi connectivity index (χ3v) is 4.37. The first-order valence-electron chi connectivity index (χ1n) is 8.18. The van der Waals surface area contributed by atoms with Gasteiger partial charge in [-0.3, -0.25) is 4.79 Å². The van der Waals surface area contributed by atoms with Crippen LogP contribution in [0.15, 0.2) is 0 Å². The first-order chi connectivity index (χ1) is 9.19. The van der Waals surface area contributed by atoms with E-state index in [9.17, 15) is 4.79 Å². The highest BCUT2D eigenvalue weighted by atomic mass is 16.2. The third-order valence-electron chi connectivity index (χ3n) is 4.37. The molecule has 0 saturated heterocycles. The van der Waals surface area contributed by atoms with Crippen molar-refractivity contribution in [2.24, 2.45) is 0 Å². The lowest BCUT2D eigenvalue weighted by atomic mass is 9.90. The summed E-state index contributed by atoms with van der Waals surface area (Å²) in [5.74, 6) is 0.350. The maximum Gasteiger partial charge on any atom is 0.222 e. The van der Waals surface area contributed by atoms with Crippen LogP contribution in [0.2, 0.25) is 0 Å². The average molecular weight is 268 g/mol. The molecule has 0 aromatic rings. The van der Waals surface area contributed by atoms with Gasteiger partial charge in [0.1, 0.15) is 0 Å². The van der Waals surface area contributed by atoms with Crippen LogP contribution in [0.4, 0.5) is 0 Å². The second kappa shape index (κ2) is 9.35. The molecule has 1 aliphatic carbocycles. The van der Waals surface area contributed by atoms with Gasteiger partial charge in [0.25, 0.3) is 0 Å². The molecule has 0 heterocycles. The van der Waals surface area contributed by atoms with Gasteiger partial charge in [-0.2, -0.15) is 0 Å². The predicted molar refractivity (Wildman–Crippen MR) is 81.2 cm³/mol. The van der Waals surface area contributed by atoms with E-state index in [2.05, 4.69) is 19.2 Å². The van der Waals surface area contributed by atoms with Crippen LogP contribution in [-0.4, -0.2) is 36.5 Å². The number of hydrogen-bond donors (Lipinski definition) is 1. The summed E-state index contributed by atoms with van der Waals surface area (Å²) >= 11 is 0. The maximum absolute atomic E-state index is 12.1. The maximum atomic E-state index is 12.1. The highest BCUT2D eigenvalue weighted by Gasteiger charge is 2.25. The van der Waals surface area contributed by atoms with E-state index in [0.717, 1.165) is 32.2 Å². The number of carbonyl (C=O) groups excluding carboxylic acids is 1. The minimum absolute atomic E-state index is 0.350. The molecule has 0 unspecified atom stereocenters. The lowest BCUT2D eigenvalue weighted by Gasteiger charge is -2.35. The Morgan fingerprint density at radius 2 is 1.79 bits per heavy atom. The quantitative estimate of drug-likeness (QED) is 0.685. The molecule has 0 aliphatic heterocycles. The molecule has 1 fully saturated rings. The van der Waals surface area contributed by atoms with Crippen LogP contribution in [-0.2, 0) is 4.79 Å². The smallest absolute Gasteiger partial charge is 0.222 e. The highest BCUT2D eigenvalue weighted by Crippen LogP contribution is 2.23. The second-order valence-corrected chi connectivity index (χ2v) is 5.88. The SMILES string of the molecule is CCCCCCC(=O)N(C)C1CCC(NCC)CC1. The molecule has 0 aromatic heterocycles. The van der Waals surface area contributed by atoms with E-state index in [1.807, 2.05) is 11.9 Å². The fourth-order valence-electron chi connectivity index (χ4n) is 3.04. The lowest BCUT2D eigenvalue weighted by molar-refractivity contribution is -0.132. The van der Waals surface area contributed by atoms with Gasteiger partial charge in [0.15, 0.2) is 0 Å². The Hall–Kier alpha value is -0.570. The molecular formula is C16H32N2O. The van der Waals surface area contributed by atoms with E-state index < -0.39 is 0 Å². The van der Waals surface area contributed by atoms with Crippen molar-refractivity contribution in [2.45, 2.75) is 83.7 Å². The van der Waals surface area contributed by atoms with E-state index in [-0.39, 0.29) is 0 Å². The van der Waals surface area contributed by atoms with Crippen LogP contribution in [0.5, 0.6) is 0 Å². The normalized spacial score (nSPS) is 23.3. The number of carbonyl (C=O) groups is 1. The van der Waals surface area contributed by atoms with Gasteiger partial charge in [-0.1, -0.05) is 33.1 Å². The Bertz CT molecular complexity index is 247. The Kier molecular flexibility index (Phi) is 8.11. The molecule has 112 valence electrons. The van der Waals surface area contributed by atoms with Crippen molar-refractivity contribution >= 4 is 5.91 Å². The van der Waals surface area contributed by atoms with Crippen LogP contribution < -0.4 is 5.32 Å². The standard InChI is InChI=1S/C16H32N2O/c1-4-6-7-8-9-16(19)18(3)15-12-10-14(11-13-15)17-5-2/h14-15,17H,4-13H2,1-3H3. The summed E-state index contributed by atoms with van der Waals surface area (Å²) < 4.78 is 0. The molecule has 1 amide bonds. The molecule has 19 heavy (non-hydrogen) atoms. The summed E-state index contributed by atoms with van der Waals surface area (Å²) in [6.07, 6.45) is 10.2. The molecule has 3 heteroatoms. The summed E-state index contributed by atoms with van der Waals surface area (Å²) in [5, 5.41) is 3.52. The molecular weight excluding hydrogens is 236 g/mol. The number of unbranched alkanes of at least 4 members (excludes halogenated alkanes) is 3. The van der Waals surface area contributed by atoms with E-state index in [0.29, 0.717) is 18.0 Å². The zero-order chi connectivity index (χ0) is 14.1. The van der Waals surface area contributed by atoms with Crippen molar-refractivity contribution in [3.8, 4) is 0 Å². The van der Waals surface area contributed by atoms with Crippen LogP contribution in [0.3, 0.4) is 0 Å². The molecule has 0 aromatic carbocycles. The zero-order valence-electron chi connectivity index (χ0n) is 13.1. The van der Waals surface area contributed by atoms with Gasteiger partial charge in [0.2, 0.25) is 5.91 Å². The van der Waals surface area contributed by atoms with Crippen LogP contribution in [0, 0.1) is 0 Å². The Balaban J connectivity index is 2.22. The third kappa shape index (κ3) is 5.94. The van der Waals surface area contributed by atoms with Crippen molar-refractivity contribution in [3.63, 3.8) is 0 Å². The summed E-state index contributed by atoms with van der Waals surface area (Å²) in [5.41, 5.74) is 0. The molecule has 0 bridgehead atoms. The molecule has 1 aliphatic rings. The summed E-state index contributed by atoms with van der Waals surface area (Å²) in [4.78, 5) is 14.1. The molecule has 1 rings (SSSR count). The molecule has 1 N–H and O–H groups in total. The van der Waals surface area contributed by atoms with Crippen molar-refractivity contribution < 1.29 is 4.79 Å². The Morgan fingerprint density at radius 3 is 2.37 bits per heavy atom. The fourth-order valence-corrected chi connectivity index (χ4v) is 3.04. The van der Waals surface area contributed by atoms with E-state index in [1.54, 1.807) is 0 Å². The molecule has 3 nitrogen and oxygen atoms in total. The fraction of sp³-hybridized carbons (Fsp3) is 0.938. The minimum atomic E-state index is 0.350. The van der Waals surface area contributed by atoms with Gasteiger partial charge in [-0.05, 0) is 38.6 Å². The van der Waals surface area contributed by atoms with Crippen molar-refractivity contribution in [1.82, 2.24) is 10.2 Å². The number of nitrogens with one attached hydrogen (secondary N) is 1. The molecule has 1 saturated carbocycles. The minimum Gasteiger partial charge on any atom is -0.343 e. The summed E-state index contributed by atoms with van der Waals surface area (Å²) in [6, 6.07) is 1.16. The highest BCUT2D eigenvalue weighted by molar-refractivity contribution is 5.76. The first-order valence-corrected chi connectivity index (χ1v) is 8.18. The van der Waals surface area contributed by atoms with Gasteiger partial charge >= 0.3 is 0 Å². The van der Waals surface area contributed by atoms with Crippen LogP contribution in [0.1, 0.15) is 71.6 Å². The largest absolute Gasteiger partial charge is 0.343 e. The zero-order valence-corrected chi connectivity index (χ0v) is 13.1. The molecule has 0 atom stereocenters. The van der Waals surface area contributed by atoms with Crippen molar-refractivity contribution in [2.75, 3.05) is 13.6 Å². The van der Waals surface area contributed by atoms with E-state index in [4.69, 9.17) is 0 Å². The topological polar surface area (TPSA) is 32.3 Å². The molecule has 0 spiro atoms. The number of amides is 1. The number of rotatable bonds is 8. The van der Waals surface area contributed by atoms with Gasteiger partial charge in [-0.25, -0.2) is 0 Å². The number of nitrogens with zero attached hydrogens (tertiary/aromatic N) is 1.